The fraction of sp³-hybridized carbons (Fsp3) is 0.190. The van der Waals surface area contributed by atoms with Crippen molar-refractivity contribution in [2.24, 2.45) is 0 Å². The highest BCUT2D eigenvalue weighted by Crippen LogP contribution is 2.17. The minimum absolute atomic E-state index is 0.0487. The molecule has 6 heteroatoms. The Bertz CT molecular complexity index is 870. The average molecular weight is 363 g/mol. The summed E-state index contributed by atoms with van der Waals surface area (Å²) in [6, 6.07) is 18.2. The van der Waals surface area contributed by atoms with Gasteiger partial charge in [0, 0.05) is 19.3 Å². The highest BCUT2D eigenvalue weighted by Gasteiger charge is 2.16. The number of ether oxygens (including phenoxy) is 1. The molecule has 0 saturated carbocycles. The van der Waals surface area contributed by atoms with Crippen LogP contribution in [0.25, 0.3) is 0 Å². The number of nitrogens with zero attached hydrogens (tertiary/aromatic N) is 2. The fourth-order valence-electron chi connectivity index (χ4n) is 2.46. The van der Waals surface area contributed by atoms with Crippen LogP contribution in [0, 0.1) is 11.3 Å². The quantitative estimate of drug-likeness (QED) is 0.463. The Kier molecular flexibility index (Phi) is 7.15. The Morgan fingerprint density at radius 1 is 1.15 bits per heavy atom. The molecular formula is C21H21N3O3. The predicted molar refractivity (Wildman–Crippen MR) is 103 cm³/mol. The molecule has 0 aromatic heterocycles. The van der Waals surface area contributed by atoms with Gasteiger partial charge < -0.3 is 15.0 Å². The Hall–Kier alpha value is -3.59. The van der Waals surface area contributed by atoms with Crippen molar-refractivity contribution in [3.8, 4) is 6.07 Å². The molecule has 0 fully saturated rings. The second kappa shape index (κ2) is 9.78. The van der Waals surface area contributed by atoms with Crippen molar-refractivity contribution in [2.45, 2.75) is 13.5 Å². The molecule has 27 heavy (non-hydrogen) atoms. The van der Waals surface area contributed by atoms with Crippen LogP contribution in [-0.2, 0) is 16.1 Å². The lowest BCUT2D eigenvalue weighted by molar-refractivity contribution is -0.112. The zero-order valence-electron chi connectivity index (χ0n) is 15.3. The van der Waals surface area contributed by atoms with Gasteiger partial charge in [0.25, 0.3) is 5.91 Å². The number of amides is 1. The van der Waals surface area contributed by atoms with Crippen LogP contribution in [-0.4, -0.2) is 30.4 Å². The normalized spacial score (nSPS) is 10.6. The van der Waals surface area contributed by atoms with Crippen LogP contribution >= 0.6 is 0 Å². The van der Waals surface area contributed by atoms with Gasteiger partial charge in [-0.15, -0.1) is 0 Å². The highest BCUT2D eigenvalue weighted by atomic mass is 16.5. The largest absolute Gasteiger partial charge is 0.465 e. The SMILES string of the molecule is CCN(/C=C(/C#N)C(=O)Nc1ccccc1C(=O)OC)Cc1ccccc1. The van der Waals surface area contributed by atoms with Crippen LogP contribution in [0.3, 0.4) is 0 Å². The van der Waals surface area contributed by atoms with Gasteiger partial charge in [0.1, 0.15) is 11.6 Å². The number of para-hydroxylation sites is 1. The van der Waals surface area contributed by atoms with E-state index in [0.29, 0.717) is 18.8 Å². The number of anilines is 1. The number of methoxy groups -OCH3 is 1. The topological polar surface area (TPSA) is 82.4 Å². The van der Waals surface area contributed by atoms with E-state index in [-0.39, 0.29) is 11.1 Å². The van der Waals surface area contributed by atoms with Crippen molar-refractivity contribution in [1.82, 2.24) is 4.90 Å². The molecule has 0 aliphatic heterocycles. The molecule has 1 amide bonds. The number of hydrogen-bond donors (Lipinski definition) is 1. The number of nitrogens with one attached hydrogen (secondary N) is 1. The molecule has 2 aromatic carbocycles. The third-order valence-electron chi connectivity index (χ3n) is 3.89. The van der Waals surface area contributed by atoms with Gasteiger partial charge in [-0.1, -0.05) is 42.5 Å². The zero-order valence-corrected chi connectivity index (χ0v) is 15.3. The first kappa shape index (κ1) is 19.7. The van der Waals surface area contributed by atoms with E-state index in [4.69, 9.17) is 4.74 Å². The van der Waals surface area contributed by atoms with E-state index >= 15 is 0 Å². The molecule has 0 atom stereocenters. The van der Waals surface area contributed by atoms with E-state index in [9.17, 15) is 14.9 Å². The molecule has 138 valence electrons. The van der Waals surface area contributed by atoms with Crippen molar-refractivity contribution in [3.05, 3.63) is 77.5 Å². The standard InChI is InChI=1S/C21H21N3O3/c1-3-24(14-16-9-5-4-6-10-16)15-17(13-22)20(25)23-19-12-8-7-11-18(19)21(26)27-2/h4-12,15H,3,14H2,1-2H3,(H,23,25)/b17-15-. The summed E-state index contributed by atoms with van der Waals surface area (Å²) in [5.74, 6) is -1.15. The zero-order chi connectivity index (χ0) is 19.6. The maximum Gasteiger partial charge on any atom is 0.339 e. The molecule has 0 aliphatic carbocycles. The van der Waals surface area contributed by atoms with Crippen molar-refractivity contribution in [2.75, 3.05) is 19.0 Å². The van der Waals surface area contributed by atoms with Gasteiger partial charge in [-0.25, -0.2) is 4.79 Å². The van der Waals surface area contributed by atoms with Gasteiger partial charge in [0.2, 0.25) is 0 Å². The van der Waals surface area contributed by atoms with Crippen LogP contribution in [0.4, 0.5) is 5.69 Å². The molecule has 1 N–H and O–H groups in total. The molecule has 2 rings (SSSR count). The maximum atomic E-state index is 12.5. The molecule has 0 radical (unpaired) electrons. The first-order valence-corrected chi connectivity index (χ1v) is 8.47. The van der Waals surface area contributed by atoms with E-state index in [1.807, 2.05) is 48.2 Å². The Morgan fingerprint density at radius 3 is 2.44 bits per heavy atom. The molecule has 0 saturated heterocycles. The van der Waals surface area contributed by atoms with Crippen LogP contribution in [0.2, 0.25) is 0 Å². The number of nitriles is 1. The van der Waals surface area contributed by atoms with Gasteiger partial charge in [0.15, 0.2) is 0 Å². The number of rotatable bonds is 7. The van der Waals surface area contributed by atoms with E-state index in [2.05, 4.69) is 5.32 Å². The van der Waals surface area contributed by atoms with Crippen molar-refractivity contribution in [3.63, 3.8) is 0 Å². The minimum Gasteiger partial charge on any atom is -0.465 e. The summed E-state index contributed by atoms with van der Waals surface area (Å²) in [6.45, 7) is 3.15. The van der Waals surface area contributed by atoms with Crippen LogP contribution in [0.15, 0.2) is 66.4 Å². The molecule has 0 aliphatic rings. The maximum absolute atomic E-state index is 12.5. The van der Waals surface area contributed by atoms with Gasteiger partial charge in [-0.2, -0.15) is 5.26 Å². The average Bonchev–Trinajstić information content (AvgIpc) is 2.71. The third-order valence-corrected chi connectivity index (χ3v) is 3.89. The smallest absolute Gasteiger partial charge is 0.339 e. The minimum atomic E-state index is -0.583. The Labute approximate surface area is 158 Å². The summed E-state index contributed by atoms with van der Waals surface area (Å²) in [6.07, 6.45) is 1.53. The van der Waals surface area contributed by atoms with Crippen molar-refractivity contribution in [1.29, 1.82) is 5.26 Å². The van der Waals surface area contributed by atoms with Crippen LogP contribution in [0.1, 0.15) is 22.8 Å². The molecule has 6 nitrogen and oxygen atoms in total. The molecule has 0 spiro atoms. The number of hydrogen-bond acceptors (Lipinski definition) is 5. The first-order valence-electron chi connectivity index (χ1n) is 8.47. The molecule has 0 heterocycles. The summed E-state index contributed by atoms with van der Waals surface area (Å²) in [5.41, 5.74) is 1.54. The summed E-state index contributed by atoms with van der Waals surface area (Å²) >= 11 is 0. The summed E-state index contributed by atoms with van der Waals surface area (Å²) in [7, 11) is 1.27. The second-order valence-corrected chi connectivity index (χ2v) is 5.69. The van der Waals surface area contributed by atoms with E-state index < -0.39 is 11.9 Å². The number of carbonyl (C=O) groups excluding carboxylic acids is 2. The van der Waals surface area contributed by atoms with Gasteiger partial charge in [-0.05, 0) is 24.6 Å². The number of benzene rings is 2. The van der Waals surface area contributed by atoms with Crippen LogP contribution < -0.4 is 5.32 Å². The van der Waals surface area contributed by atoms with Crippen molar-refractivity contribution >= 4 is 17.6 Å². The summed E-state index contributed by atoms with van der Waals surface area (Å²) in [5, 5.41) is 12.0. The highest BCUT2D eigenvalue weighted by molar-refractivity contribution is 6.09. The molecular weight excluding hydrogens is 342 g/mol. The van der Waals surface area contributed by atoms with Gasteiger partial charge >= 0.3 is 5.97 Å². The van der Waals surface area contributed by atoms with Crippen LogP contribution in [0.5, 0.6) is 0 Å². The lowest BCUT2D eigenvalue weighted by atomic mass is 10.1. The van der Waals surface area contributed by atoms with E-state index in [1.54, 1.807) is 24.3 Å². The first-order chi connectivity index (χ1) is 13.1. The summed E-state index contributed by atoms with van der Waals surface area (Å²) in [4.78, 5) is 26.2. The van der Waals surface area contributed by atoms with E-state index in [0.717, 1.165) is 5.56 Å². The lowest BCUT2D eigenvalue weighted by Crippen LogP contribution is -2.21. The number of esters is 1. The Balaban J connectivity index is 2.19. The second-order valence-electron chi connectivity index (χ2n) is 5.69. The fourth-order valence-corrected chi connectivity index (χ4v) is 2.46. The monoisotopic (exact) mass is 363 g/mol. The van der Waals surface area contributed by atoms with E-state index in [1.165, 1.54) is 13.3 Å². The lowest BCUT2D eigenvalue weighted by Gasteiger charge is -2.19. The van der Waals surface area contributed by atoms with Gasteiger partial charge in [0.05, 0.1) is 18.4 Å². The number of carbonyl (C=O) groups is 2. The van der Waals surface area contributed by atoms with Gasteiger partial charge in [-0.3, -0.25) is 4.79 Å². The third kappa shape index (κ3) is 5.44. The molecule has 2 aromatic rings. The molecule has 0 unspecified atom stereocenters. The Morgan fingerprint density at radius 2 is 1.81 bits per heavy atom. The van der Waals surface area contributed by atoms with Crippen molar-refractivity contribution < 1.29 is 14.3 Å². The summed E-state index contributed by atoms with van der Waals surface area (Å²) < 4.78 is 4.72. The predicted octanol–water partition coefficient (Wildman–Crippen LogP) is 3.34. The molecule has 0 bridgehead atoms.